The molecular formula is C19H20FN3O2S2. The number of nitrogens with zero attached hydrogens (tertiary/aromatic N) is 3. The Kier molecular flexibility index (Phi) is 5.67. The number of rotatable bonds is 5. The van der Waals surface area contributed by atoms with Gasteiger partial charge in [-0.3, -0.25) is 14.2 Å². The molecule has 1 amide bonds. The minimum atomic E-state index is -0.315. The molecule has 1 aromatic carbocycles. The third kappa shape index (κ3) is 3.77. The third-order valence-electron chi connectivity index (χ3n) is 4.23. The molecule has 0 fully saturated rings. The molecule has 2 aromatic heterocycles. The predicted octanol–water partition coefficient (Wildman–Crippen LogP) is 3.77. The lowest BCUT2D eigenvalue weighted by atomic mass is 10.0. The van der Waals surface area contributed by atoms with E-state index >= 15 is 0 Å². The first-order valence-corrected chi connectivity index (χ1v) is 10.3. The molecule has 0 aliphatic heterocycles. The van der Waals surface area contributed by atoms with Crippen molar-refractivity contribution in [3.05, 3.63) is 45.3 Å². The van der Waals surface area contributed by atoms with Gasteiger partial charge in [-0.25, -0.2) is 9.37 Å². The van der Waals surface area contributed by atoms with E-state index < -0.39 is 0 Å². The fourth-order valence-corrected chi connectivity index (χ4v) is 4.91. The van der Waals surface area contributed by atoms with Crippen LogP contribution < -0.4 is 5.56 Å². The molecule has 142 valence electrons. The Morgan fingerprint density at radius 1 is 1.30 bits per heavy atom. The number of thiophene rings is 1. The molecule has 2 heterocycles. The monoisotopic (exact) mass is 405 g/mol. The normalized spacial score (nSPS) is 11.1. The van der Waals surface area contributed by atoms with Gasteiger partial charge >= 0.3 is 0 Å². The lowest BCUT2D eigenvalue weighted by molar-refractivity contribution is -0.125. The Bertz CT molecular complexity index is 1060. The zero-order valence-electron chi connectivity index (χ0n) is 15.6. The van der Waals surface area contributed by atoms with E-state index in [1.165, 1.54) is 40.1 Å². The Morgan fingerprint density at radius 3 is 2.56 bits per heavy atom. The van der Waals surface area contributed by atoms with E-state index in [9.17, 15) is 14.0 Å². The van der Waals surface area contributed by atoms with Gasteiger partial charge in [-0.2, -0.15) is 0 Å². The Labute approximate surface area is 164 Å². The molecule has 0 unspecified atom stereocenters. The van der Waals surface area contributed by atoms with Gasteiger partial charge in [-0.1, -0.05) is 23.9 Å². The molecule has 0 spiro atoms. The van der Waals surface area contributed by atoms with E-state index in [-0.39, 0.29) is 23.0 Å². The smallest absolute Gasteiger partial charge is 0.263 e. The maximum Gasteiger partial charge on any atom is 0.263 e. The van der Waals surface area contributed by atoms with Gasteiger partial charge in [0.05, 0.1) is 11.1 Å². The summed E-state index contributed by atoms with van der Waals surface area (Å²) in [6.07, 6.45) is 0. The first-order chi connectivity index (χ1) is 12.8. The van der Waals surface area contributed by atoms with E-state index in [1.807, 2.05) is 13.8 Å². The summed E-state index contributed by atoms with van der Waals surface area (Å²) in [5.41, 5.74) is 1.46. The van der Waals surface area contributed by atoms with Crippen LogP contribution in [0.3, 0.4) is 0 Å². The molecule has 27 heavy (non-hydrogen) atoms. The molecule has 0 radical (unpaired) electrons. The molecule has 3 aromatic rings. The molecule has 0 saturated carbocycles. The molecule has 8 heteroatoms. The van der Waals surface area contributed by atoms with Crippen LogP contribution in [0.2, 0.25) is 0 Å². The van der Waals surface area contributed by atoms with E-state index in [2.05, 4.69) is 4.98 Å². The number of benzene rings is 1. The second-order valence-electron chi connectivity index (χ2n) is 6.24. The first kappa shape index (κ1) is 19.6. The largest absolute Gasteiger partial charge is 0.348 e. The van der Waals surface area contributed by atoms with Crippen molar-refractivity contribution >= 4 is 39.2 Å². The van der Waals surface area contributed by atoms with E-state index in [1.54, 1.807) is 30.8 Å². The highest BCUT2D eigenvalue weighted by atomic mass is 32.2. The molecule has 0 bridgehead atoms. The van der Waals surface area contributed by atoms with Crippen molar-refractivity contribution in [3.63, 3.8) is 0 Å². The summed E-state index contributed by atoms with van der Waals surface area (Å²) < 4.78 is 14.9. The number of hydrogen-bond donors (Lipinski definition) is 0. The van der Waals surface area contributed by atoms with Crippen molar-refractivity contribution in [3.8, 4) is 11.1 Å². The summed E-state index contributed by atoms with van der Waals surface area (Å²) in [6.45, 7) is 4.27. The van der Waals surface area contributed by atoms with Gasteiger partial charge in [0.1, 0.15) is 10.6 Å². The zero-order chi connectivity index (χ0) is 19.7. The van der Waals surface area contributed by atoms with Gasteiger partial charge in [-0.05, 0) is 31.5 Å². The van der Waals surface area contributed by atoms with Crippen LogP contribution in [0, 0.1) is 12.7 Å². The maximum atomic E-state index is 13.3. The third-order valence-corrected chi connectivity index (χ3v) is 6.19. The Balaban J connectivity index is 2.14. The number of carbonyl (C=O) groups excluding carboxylic acids is 1. The van der Waals surface area contributed by atoms with Gasteiger partial charge in [0.15, 0.2) is 5.16 Å². The number of aromatic nitrogens is 2. The van der Waals surface area contributed by atoms with Crippen molar-refractivity contribution in [2.24, 2.45) is 0 Å². The summed E-state index contributed by atoms with van der Waals surface area (Å²) in [4.78, 5) is 32.8. The van der Waals surface area contributed by atoms with Crippen molar-refractivity contribution < 1.29 is 9.18 Å². The SMILES string of the molecule is CCn1c(SCC(=O)N(C)C)nc2sc(C)c(-c3ccc(F)cc3)c2c1=O. The minimum Gasteiger partial charge on any atom is -0.348 e. The number of halogens is 1. The molecule has 3 rings (SSSR count). The van der Waals surface area contributed by atoms with E-state index in [4.69, 9.17) is 0 Å². The van der Waals surface area contributed by atoms with Crippen LogP contribution in [0.5, 0.6) is 0 Å². The molecule has 0 aliphatic rings. The number of amides is 1. The summed E-state index contributed by atoms with van der Waals surface area (Å²) >= 11 is 2.71. The quantitative estimate of drug-likeness (QED) is 0.479. The van der Waals surface area contributed by atoms with Gasteiger partial charge in [-0.15, -0.1) is 11.3 Å². The standard InChI is InChI=1S/C19H20FN3O2S2/c1-5-23-18(25)16-15(12-6-8-13(20)9-7-12)11(2)27-17(16)21-19(23)26-10-14(24)22(3)4/h6-9H,5,10H2,1-4H3. The average Bonchev–Trinajstić information content (AvgIpc) is 2.96. The fourth-order valence-electron chi connectivity index (χ4n) is 2.78. The zero-order valence-corrected chi connectivity index (χ0v) is 17.2. The molecule has 0 atom stereocenters. The highest BCUT2D eigenvalue weighted by Gasteiger charge is 2.20. The molecular weight excluding hydrogens is 385 g/mol. The Morgan fingerprint density at radius 2 is 1.96 bits per heavy atom. The highest BCUT2D eigenvalue weighted by Crippen LogP contribution is 2.36. The molecule has 0 aliphatic carbocycles. The van der Waals surface area contributed by atoms with Crippen LogP contribution in [-0.2, 0) is 11.3 Å². The number of carbonyl (C=O) groups is 1. The van der Waals surface area contributed by atoms with Gasteiger partial charge < -0.3 is 4.90 Å². The first-order valence-electron chi connectivity index (χ1n) is 8.46. The van der Waals surface area contributed by atoms with Gasteiger partial charge in [0.25, 0.3) is 5.56 Å². The number of fused-ring (bicyclic) bond motifs is 1. The van der Waals surface area contributed by atoms with Gasteiger partial charge in [0.2, 0.25) is 5.91 Å². The van der Waals surface area contributed by atoms with Crippen molar-refractivity contribution in [1.29, 1.82) is 0 Å². The van der Waals surface area contributed by atoms with Crippen molar-refractivity contribution in [2.75, 3.05) is 19.8 Å². The molecule has 5 nitrogen and oxygen atoms in total. The molecule has 0 saturated heterocycles. The summed E-state index contributed by atoms with van der Waals surface area (Å²) in [5.74, 6) is -0.129. The van der Waals surface area contributed by atoms with Crippen LogP contribution in [-0.4, -0.2) is 40.2 Å². The van der Waals surface area contributed by atoms with Crippen LogP contribution in [0.15, 0.2) is 34.2 Å². The summed E-state index contributed by atoms with van der Waals surface area (Å²) in [7, 11) is 3.40. The van der Waals surface area contributed by atoms with Crippen LogP contribution >= 0.6 is 23.1 Å². The molecule has 0 N–H and O–H groups in total. The average molecular weight is 406 g/mol. The summed E-state index contributed by atoms with van der Waals surface area (Å²) in [6, 6.07) is 6.14. The van der Waals surface area contributed by atoms with Crippen LogP contribution in [0.4, 0.5) is 4.39 Å². The maximum absolute atomic E-state index is 13.3. The lowest BCUT2D eigenvalue weighted by Crippen LogP contribution is -2.25. The van der Waals surface area contributed by atoms with E-state index in [0.29, 0.717) is 21.9 Å². The lowest BCUT2D eigenvalue weighted by Gasteiger charge is -2.12. The predicted molar refractivity (Wildman–Crippen MR) is 109 cm³/mol. The second-order valence-corrected chi connectivity index (χ2v) is 8.39. The fraction of sp³-hybridized carbons (Fsp3) is 0.316. The second kappa shape index (κ2) is 7.82. The number of hydrogen-bond acceptors (Lipinski definition) is 5. The van der Waals surface area contributed by atoms with Crippen LogP contribution in [0.25, 0.3) is 21.3 Å². The van der Waals surface area contributed by atoms with E-state index in [0.717, 1.165) is 16.0 Å². The topological polar surface area (TPSA) is 55.2 Å². The van der Waals surface area contributed by atoms with Crippen molar-refractivity contribution in [1.82, 2.24) is 14.5 Å². The summed E-state index contributed by atoms with van der Waals surface area (Å²) in [5, 5.41) is 1.09. The number of thioether (sulfide) groups is 1. The highest BCUT2D eigenvalue weighted by molar-refractivity contribution is 7.99. The Hall–Kier alpha value is -2.19. The number of aryl methyl sites for hydroxylation is 1. The van der Waals surface area contributed by atoms with Crippen molar-refractivity contribution in [2.45, 2.75) is 25.5 Å². The van der Waals surface area contributed by atoms with Crippen LogP contribution in [0.1, 0.15) is 11.8 Å². The van der Waals surface area contributed by atoms with Gasteiger partial charge in [0, 0.05) is 31.1 Å². The minimum absolute atomic E-state index is 0.0358.